The van der Waals surface area contributed by atoms with Crippen molar-refractivity contribution >= 4 is 11.8 Å². The monoisotopic (exact) mass is 285 g/mol. The van der Waals surface area contributed by atoms with Gasteiger partial charge in [-0.1, -0.05) is 19.9 Å². The van der Waals surface area contributed by atoms with Crippen LogP contribution in [-0.4, -0.2) is 47.8 Å². The predicted molar refractivity (Wildman–Crippen MR) is 78.5 cm³/mol. The Hall–Kier alpha value is -2.35. The van der Waals surface area contributed by atoms with Gasteiger partial charge in [-0.2, -0.15) is 5.26 Å². The van der Waals surface area contributed by atoms with Crippen LogP contribution in [0.3, 0.4) is 0 Å². The average molecular weight is 285 g/mol. The van der Waals surface area contributed by atoms with Crippen LogP contribution in [-0.2, 0) is 4.79 Å². The SMILES string of the molecule is CC(C)C(=O)N1CCN(C(=O)c2cccc(C#N)c2)CC1. The first kappa shape index (κ1) is 15.0. The van der Waals surface area contributed by atoms with Gasteiger partial charge in [0, 0.05) is 37.7 Å². The Morgan fingerprint density at radius 1 is 1.14 bits per heavy atom. The van der Waals surface area contributed by atoms with Crippen LogP contribution in [0.1, 0.15) is 29.8 Å². The number of nitrogens with zero attached hydrogens (tertiary/aromatic N) is 3. The van der Waals surface area contributed by atoms with E-state index in [2.05, 4.69) is 0 Å². The highest BCUT2D eigenvalue weighted by Crippen LogP contribution is 2.12. The second kappa shape index (κ2) is 6.40. The zero-order valence-corrected chi connectivity index (χ0v) is 12.4. The number of amides is 2. The fourth-order valence-corrected chi connectivity index (χ4v) is 2.40. The van der Waals surface area contributed by atoms with Crippen LogP contribution in [0.2, 0.25) is 0 Å². The van der Waals surface area contributed by atoms with Crippen molar-refractivity contribution in [2.24, 2.45) is 5.92 Å². The molecule has 0 bridgehead atoms. The summed E-state index contributed by atoms with van der Waals surface area (Å²) in [5, 5.41) is 8.88. The van der Waals surface area contributed by atoms with Crippen molar-refractivity contribution in [3.63, 3.8) is 0 Å². The zero-order chi connectivity index (χ0) is 15.4. The second-order valence-electron chi connectivity index (χ2n) is 5.46. The van der Waals surface area contributed by atoms with Gasteiger partial charge in [-0.05, 0) is 18.2 Å². The van der Waals surface area contributed by atoms with E-state index in [1.807, 2.05) is 19.9 Å². The Kier molecular flexibility index (Phi) is 4.59. The fourth-order valence-electron chi connectivity index (χ4n) is 2.40. The summed E-state index contributed by atoms with van der Waals surface area (Å²) in [6.45, 7) is 5.98. The molecule has 2 rings (SSSR count). The first-order valence-corrected chi connectivity index (χ1v) is 7.11. The zero-order valence-electron chi connectivity index (χ0n) is 12.4. The summed E-state index contributed by atoms with van der Waals surface area (Å²) in [4.78, 5) is 27.8. The highest BCUT2D eigenvalue weighted by Gasteiger charge is 2.25. The first-order valence-electron chi connectivity index (χ1n) is 7.11. The Labute approximate surface area is 124 Å². The van der Waals surface area contributed by atoms with Crippen LogP contribution >= 0.6 is 0 Å². The first-order chi connectivity index (χ1) is 10.0. The molecule has 1 aromatic carbocycles. The van der Waals surface area contributed by atoms with Crippen molar-refractivity contribution in [1.29, 1.82) is 5.26 Å². The molecule has 1 heterocycles. The summed E-state index contributed by atoms with van der Waals surface area (Å²) in [6.07, 6.45) is 0. The number of hydrogen-bond acceptors (Lipinski definition) is 3. The van der Waals surface area contributed by atoms with Gasteiger partial charge in [0.1, 0.15) is 0 Å². The van der Waals surface area contributed by atoms with Gasteiger partial charge < -0.3 is 9.80 Å². The third kappa shape index (κ3) is 3.40. The number of piperazine rings is 1. The van der Waals surface area contributed by atoms with Crippen LogP contribution in [0, 0.1) is 17.2 Å². The Morgan fingerprint density at radius 2 is 1.76 bits per heavy atom. The minimum atomic E-state index is -0.0799. The molecule has 2 amide bonds. The highest BCUT2D eigenvalue weighted by atomic mass is 16.2. The lowest BCUT2D eigenvalue weighted by molar-refractivity contribution is -0.135. The van der Waals surface area contributed by atoms with Crippen molar-refractivity contribution in [3.05, 3.63) is 35.4 Å². The van der Waals surface area contributed by atoms with Gasteiger partial charge in [-0.25, -0.2) is 0 Å². The molecule has 21 heavy (non-hydrogen) atoms. The van der Waals surface area contributed by atoms with E-state index >= 15 is 0 Å². The van der Waals surface area contributed by atoms with E-state index in [4.69, 9.17) is 5.26 Å². The minimum Gasteiger partial charge on any atom is -0.339 e. The molecular formula is C16H19N3O2. The van der Waals surface area contributed by atoms with Crippen LogP contribution in [0.4, 0.5) is 0 Å². The maximum atomic E-state index is 12.4. The van der Waals surface area contributed by atoms with Gasteiger partial charge in [0.2, 0.25) is 5.91 Å². The molecule has 0 N–H and O–H groups in total. The summed E-state index contributed by atoms with van der Waals surface area (Å²) < 4.78 is 0. The molecule has 1 aliphatic rings. The van der Waals surface area contributed by atoms with Crippen molar-refractivity contribution in [1.82, 2.24) is 9.80 Å². The molecule has 0 aromatic heterocycles. The molecule has 0 spiro atoms. The molecule has 5 nitrogen and oxygen atoms in total. The van der Waals surface area contributed by atoms with Crippen molar-refractivity contribution < 1.29 is 9.59 Å². The average Bonchev–Trinajstić information content (AvgIpc) is 2.53. The summed E-state index contributed by atoms with van der Waals surface area (Å²) in [6, 6.07) is 8.75. The molecule has 0 atom stereocenters. The maximum absolute atomic E-state index is 12.4. The lowest BCUT2D eigenvalue weighted by atomic mass is 10.1. The van der Waals surface area contributed by atoms with Crippen LogP contribution in [0.15, 0.2) is 24.3 Å². The topological polar surface area (TPSA) is 64.4 Å². The Bertz CT molecular complexity index is 581. The smallest absolute Gasteiger partial charge is 0.254 e. The largest absolute Gasteiger partial charge is 0.339 e. The van der Waals surface area contributed by atoms with E-state index in [9.17, 15) is 9.59 Å². The molecule has 0 saturated carbocycles. The van der Waals surface area contributed by atoms with Crippen LogP contribution in [0.25, 0.3) is 0 Å². The molecular weight excluding hydrogens is 266 g/mol. The van der Waals surface area contributed by atoms with Gasteiger partial charge >= 0.3 is 0 Å². The van der Waals surface area contributed by atoms with Gasteiger partial charge in [0.25, 0.3) is 5.91 Å². The number of benzene rings is 1. The van der Waals surface area contributed by atoms with E-state index in [0.717, 1.165) is 0 Å². The number of nitriles is 1. The summed E-state index contributed by atoms with van der Waals surface area (Å²) in [5.41, 5.74) is 1.01. The highest BCUT2D eigenvalue weighted by molar-refractivity contribution is 5.94. The lowest BCUT2D eigenvalue weighted by Crippen LogP contribution is -2.51. The summed E-state index contributed by atoms with van der Waals surface area (Å²) in [5.74, 6) is 0.0388. The number of hydrogen-bond donors (Lipinski definition) is 0. The molecule has 110 valence electrons. The van der Waals surface area contributed by atoms with Crippen LogP contribution < -0.4 is 0 Å². The quantitative estimate of drug-likeness (QED) is 0.827. The lowest BCUT2D eigenvalue weighted by Gasteiger charge is -2.35. The molecule has 1 saturated heterocycles. The van der Waals surface area contributed by atoms with Gasteiger partial charge in [0.15, 0.2) is 0 Å². The number of rotatable bonds is 2. The maximum Gasteiger partial charge on any atom is 0.254 e. The summed E-state index contributed by atoms with van der Waals surface area (Å²) >= 11 is 0. The van der Waals surface area contributed by atoms with Gasteiger partial charge in [-0.3, -0.25) is 9.59 Å². The molecule has 1 aromatic rings. The van der Waals surface area contributed by atoms with E-state index in [0.29, 0.717) is 37.3 Å². The third-order valence-corrected chi connectivity index (χ3v) is 3.61. The van der Waals surface area contributed by atoms with Crippen molar-refractivity contribution in [3.8, 4) is 6.07 Å². The van der Waals surface area contributed by atoms with E-state index in [-0.39, 0.29) is 17.7 Å². The normalized spacial score (nSPS) is 15.0. The van der Waals surface area contributed by atoms with Gasteiger partial charge in [0.05, 0.1) is 11.6 Å². The number of carbonyl (C=O) groups excluding carboxylic acids is 2. The molecule has 1 fully saturated rings. The molecule has 0 aliphatic carbocycles. The van der Waals surface area contributed by atoms with Crippen molar-refractivity contribution in [2.45, 2.75) is 13.8 Å². The fraction of sp³-hybridized carbons (Fsp3) is 0.438. The molecule has 0 radical (unpaired) electrons. The van der Waals surface area contributed by atoms with E-state index < -0.39 is 0 Å². The third-order valence-electron chi connectivity index (χ3n) is 3.61. The Morgan fingerprint density at radius 3 is 2.33 bits per heavy atom. The second-order valence-corrected chi connectivity index (χ2v) is 5.46. The van der Waals surface area contributed by atoms with E-state index in [1.54, 1.807) is 34.1 Å². The van der Waals surface area contributed by atoms with Gasteiger partial charge in [-0.15, -0.1) is 0 Å². The molecule has 0 unspecified atom stereocenters. The molecule has 5 heteroatoms. The standard InChI is InChI=1S/C16H19N3O2/c1-12(2)15(20)18-6-8-19(9-7-18)16(21)14-5-3-4-13(10-14)11-17/h3-5,10,12H,6-9H2,1-2H3. The number of carbonyl (C=O) groups is 2. The van der Waals surface area contributed by atoms with E-state index in [1.165, 1.54) is 0 Å². The predicted octanol–water partition coefficient (Wildman–Crippen LogP) is 1.50. The summed E-state index contributed by atoms with van der Waals surface area (Å²) in [7, 11) is 0. The van der Waals surface area contributed by atoms with Crippen molar-refractivity contribution in [2.75, 3.05) is 26.2 Å². The minimum absolute atomic E-state index is 0.0143. The van der Waals surface area contributed by atoms with Crippen LogP contribution in [0.5, 0.6) is 0 Å². The Balaban J connectivity index is 2.00. The molecule has 1 aliphatic heterocycles.